The maximum Gasteiger partial charge on any atom is 0.173 e. The normalized spacial score (nSPS) is 10.2. The van der Waals surface area contributed by atoms with Crippen molar-refractivity contribution in [1.82, 2.24) is 10.2 Å². The van der Waals surface area contributed by atoms with Crippen LogP contribution in [0.2, 0.25) is 0 Å². The molecule has 0 aliphatic carbocycles. The van der Waals surface area contributed by atoms with Crippen molar-refractivity contribution in [2.75, 3.05) is 0 Å². The fraction of sp³-hybridized carbons (Fsp3) is 0.0588. The summed E-state index contributed by atoms with van der Waals surface area (Å²) in [5, 5.41) is 15.9. The van der Waals surface area contributed by atoms with Gasteiger partial charge in [0.2, 0.25) is 0 Å². The Hall–Kier alpha value is -3.13. The van der Waals surface area contributed by atoms with E-state index in [-0.39, 0.29) is 5.82 Å². The van der Waals surface area contributed by atoms with E-state index >= 15 is 0 Å². The van der Waals surface area contributed by atoms with Gasteiger partial charge < -0.3 is 4.74 Å². The molecule has 0 saturated heterocycles. The largest absolute Gasteiger partial charge is 0.453 e. The SMILES string of the molecule is Cc1ccc(Oc2c[nH]nc2-c2ccc(F)cc2)cc1C#N. The second-order valence-corrected chi connectivity index (χ2v) is 4.80. The third-order valence-electron chi connectivity index (χ3n) is 3.28. The van der Waals surface area contributed by atoms with Gasteiger partial charge >= 0.3 is 0 Å². The zero-order chi connectivity index (χ0) is 15.5. The maximum absolute atomic E-state index is 13.0. The van der Waals surface area contributed by atoms with E-state index in [4.69, 9.17) is 10.00 Å². The predicted molar refractivity (Wildman–Crippen MR) is 79.9 cm³/mol. The van der Waals surface area contributed by atoms with Crippen LogP contribution in [0.1, 0.15) is 11.1 Å². The molecule has 3 aromatic rings. The smallest absolute Gasteiger partial charge is 0.173 e. The number of aromatic amines is 1. The second-order valence-electron chi connectivity index (χ2n) is 4.80. The minimum Gasteiger partial charge on any atom is -0.453 e. The summed E-state index contributed by atoms with van der Waals surface area (Å²) in [6, 6.07) is 13.4. The van der Waals surface area contributed by atoms with Gasteiger partial charge in [-0.25, -0.2) is 4.39 Å². The minimum absolute atomic E-state index is 0.307. The van der Waals surface area contributed by atoms with Crippen LogP contribution in [-0.2, 0) is 0 Å². The lowest BCUT2D eigenvalue weighted by molar-refractivity contribution is 0.484. The fourth-order valence-electron chi connectivity index (χ4n) is 2.08. The van der Waals surface area contributed by atoms with Crippen LogP contribution in [0.15, 0.2) is 48.7 Å². The van der Waals surface area contributed by atoms with Gasteiger partial charge in [0.25, 0.3) is 0 Å². The molecule has 0 amide bonds. The molecule has 0 radical (unpaired) electrons. The van der Waals surface area contributed by atoms with Crippen molar-refractivity contribution in [2.24, 2.45) is 0 Å². The summed E-state index contributed by atoms with van der Waals surface area (Å²) in [6.45, 7) is 1.87. The highest BCUT2D eigenvalue weighted by Gasteiger charge is 2.11. The van der Waals surface area contributed by atoms with Crippen LogP contribution in [0.4, 0.5) is 4.39 Å². The van der Waals surface area contributed by atoms with E-state index in [1.807, 2.05) is 13.0 Å². The fourth-order valence-corrected chi connectivity index (χ4v) is 2.08. The van der Waals surface area contributed by atoms with E-state index in [1.54, 1.807) is 30.5 Å². The Morgan fingerprint density at radius 1 is 1.18 bits per heavy atom. The molecule has 0 saturated carbocycles. The van der Waals surface area contributed by atoms with E-state index in [0.717, 1.165) is 11.1 Å². The third-order valence-corrected chi connectivity index (χ3v) is 3.28. The number of nitrogens with zero attached hydrogens (tertiary/aromatic N) is 2. The highest BCUT2D eigenvalue weighted by molar-refractivity contribution is 5.66. The van der Waals surface area contributed by atoms with Gasteiger partial charge in [-0.15, -0.1) is 0 Å². The Labute approximate surface area is 126 Å². The van der Waals surface area contributed by atoms with E-state index in [2.05, 4.69) is 16.3 Å². The first-order valence-corrected chi connectivity index (χ1v) is 6.65. The highest BCUT2D eigenvalue weighted by Crippen LogP contribution is 2.32. The monoisotopic (exact) mass is 293 g/mol. The Kier molecular flexibility index (Phi) is 3.58. The van der Waals surface area contributed by atoms with E-state index in [0.29, 0.717) is 22.8 Å². The van der Waals surface area contributed by atoms with Crippen LogP contribution in [-0.4, -0.2) is 10.2 Å². The first-order valence-electron chi connectivity index (χ1n) is 6.65. The van der Waals surface area contributed by atoms with Gasteiger partial charge in [-0.2, -0.15) is 10.4 Å². The van der Waals surface area contributed by atoms with Crippen LogP contribution < -0.4 is 4.74 Å². The Balaban J connectivity index is 1.93. The summed E-state index contributed by atoms with van der Waals surface area (Å²) >= 11 is 0. The summed E-state index contributed by atoms with van der Waals surface area (Å²) in [5.41, 5.74) is 2.77. The second kappa shape index (κ2) is 5.70. The molecule has 2 aromatic carbocycles. The maximum atomic E-state index is 13.0. The molecule has 1 heterocycles. The number of hydrogen-bond acceptors (Lipinski definition) is 3. The van der Waals surface area contributed by atoms with Crippen molar-refractivity contribution >= 4 is 0 Å². The molecule has 0 aliphatic heterocycles. The average Bonchev–Trinajstić information content (AvgIpc) is 2.98. The van der Waals surface area contributed by atoms with E-state index in [9.17, 15) is 4.39 Å². The zero-order valence-corrected chi connectivity index (χ0v) is 11.8. The molecule has 0 aliphatic rings. The Morgan fingerprint density at radius 3 is 2.68 bits per heavy atom. The van der Waals surface area contributed by atoms with E-state index in [1.165, 1.54) is 12.1 Å². The van der Waals surface area contributed by atoms with Crippen LogP contribution in [0, 0.1) is 24.1 Å². The number of aromatic nitrogens is 2. The lowest BCUT2D eigenvalue weighted by atomic mass is 10.1. The zero-order valence-electron chi connectivity index (χ0n) is 11.8. The average molecular weight is 293 g/mol. The van der Waals surface area contributed by atoms with Crippen molar-refractivity contribution in [1.29, 1.82) is 5.26 Å². The molecule has 0 bridgehead atoms. The summed E-state index contributed by atoms with van der Waals surface area (Å²) in [4.78, 5) is 0. The number of nitriles is 1. The molecule has 0 fully saturated rings. The summed E-state index contributed by atoms with van der Waals surface area (Å²) in [6.07, 6.45) is 1.62. The van der Waals surface area contributed by atoms with Crippen LogP contribution >= 0.6 is 0 Å². The van der Waals surface area contributed by atoms with Gasteiger partial charge in [-0.3, -0.25) is 5.10 Å². The van der Waals surface area contributed by atoms with Gasteiger partial charge in [-0.1, -0.05) is 6.07 Å². The van der Waals surface area contributed by atoms with Crippen molar-refractivity contribution in [2.45, 2.75) is 6.92 Å². The summed E-state index contributed by atoms with van der Waals surface area (Å²) in [5.74, 6) is 0.755. The van der Waals surface area contributed by atoms with Crippen molar-refractivity contribution in [3.8, 4) is 28.8 Å². The summed E-state index contributed by atoms with van der Waals surface area (Å²) < 4.78 is 18.8. The molecule has 1 aromatic heterocycles. The predicted octanol–water partition coefficient (Wildman–Crippen LogP) is 4.19. The Morgan fingerprint density at radius 2 is 1.95 bits per heavy atom. The molecule has 22 heavy (non-hydrogen) atoms. The number of rotatable bonds is 3. The van der Waals surface area contributed by atoms with Gasteiger partial charge in [0.1, 0.15) is 17.3 Å². The lowest BCUT2D eigenvalue weighted by Crippen LogP contribution is -1.89. The van der Waals surface area contributed by atoms with Gasteiger partial charge in [0.15, 0.2) is 5.75 Å². The van der Waals surface area contributed by atoms with Crippen LogP contribution in [0.5, 0.6) is 11.5 Å². The quantitative estimate of drug-likeness (QED) is 0.787. The number of halogens is 1. The number of ether oxygens (including phenoxy) is 1. The molecule has 0 spiro atoms. The first-order chi connectivity index (χ1) is 10.7. The molecule has 5 heteroatoms. The number of nitrogens with one attached hydrogen (secondary N) is 1. The molecule has 3 rings (SSSR count). The van der Waals surface area contributed by atoms with Gasteiger partial charge in [-0.05, 0) is 48.9 Å². The highest BCUT2D eigenvalue weighted by atomic mass is 19.1. The number of benzene rings is 2. The van der Waals surface area contributed by atoms with Crippen molar-refractivity contribution < 1.29 is 9.13 Å². The minimum atomic E-state index is -0.307. The third kappa shape index (κ3) is 2.67. The molecule has 0 atom stereocenters. The number of H-pyrrole nitrogens is 1. The number of hydrogen-bond donors (Lipinski definition) is 1. The molecule has 0 unspecified atom stereocenters. The molecule has 1 N–H and O–H groups in total. The topological polar surface area (TPSA) is 61.7 Å². The molecular weight excluding hydrogens is 281 g/mol. The lowest BCUT2D eigenvalue weighted by Gasteiger charge is -2.07. The van der Waals surface area contributed by atoms with Gasteiger partial charge in [0.05, 0.1) is 17.8 Å². The molecule has 4 nitrogen and oxygen atoms in total. The van der Waals surface area contributed by atoms with Crippen LogP contribution in [0.25, 0.3) is 11.3 Å². The van der Waals surface area contributed by atoms with Crippen molar-refractivity contribution in [3.05, 3.63) is 65.6 Å². The standard InChI is InChI=1S/C17H12FN3O/c1-11-2-7-15(8-13(11)9-19)22-16-10-20-21-17(16)12-3-5-14(18)6-4-12/h2-8,10H,1H3,(H,20,21). The van der Waals surface area contributed by atoms with Crippen molar-refractivity contribution in [3.63, 3.8) is 0 Å². The molecule has 108 valence electrons. The molecular formula is C17H12FN3O. The van der Waals surface area contributed by atoms with Gasteiger partial charge in [0, 0.05) is 5.56 Å². The number of aryl methyl sites for hydroxylation is 1. The Bertz CT molecular complexity index is 847. The van der Waals surface area contributed by atoms with Crippen LogP contribution in [0.3, 0.4) is 0 Å². The van der Waals surface area contributed by atoms with E-state index < -0.39 is 0 Å². The summed E-state index contributed by atoms with van der Waals surface area (Å²) in [7, 11) is 0. The first kappa shape index (κ1) is 13.8.